The Hall–Kier alpha value is -2.08. The Morgan fingerprint density at radius 1 is 1.45 bits per heavy atom. The van der Waals surface area contributed by atoms with Crippen molar-refractivity contribution in [3.05, 3.63) is 45.6 Å². The van der Waals surface area contributed by atoms with E-state index in [2.05, 4.69) is 19.9 Å². The number of pyridine rings is 1. The smallest absolute Gasteiger partial charge is 0.252 e. The summed E-state index contributed by atoms with van der Waals surface area (Å²) < 4.78 is 0. The van der Waals surface area contributed by atoms with Gasteiger partial charge in [0, 0.05) is 51.6 Å². The van der Waals surface area contributed by atoms with E-state index in [0.717, 1.165) is 30.9 Å². The highest BCUT2D eigenvalue weighted by Gasteiger charge is 2.27. The van der Waals surface area contributed by atoms with Crippen LogP contribution in [0.3, 0.4) is 0 Å². The first-order valence-electron chi connectivity index (χ1n) is 7.17. The minimum absolute atomic E-state index is 0.117. The molecule has 0 amide bonds. The van der Waals surface area contributed by atoms with Crippen molar-refractivity contribution in [2.75, 3.05) is 37.0 Å². The van der Waals surface area contributed by atoms with Crippen LogP contribution in [0.1, 0.15) is 18.0 Å². The van der Waals surface area contributed by atoms with Gasteiger partial charge in [0.15, 0.2) is 0 Å². The summed E-state index contributed by atoms with van der Waals surface area (Å²) in [4.78, 5) is 27.1. The number of anilines is 2. The lowest BCUT2D eigenvalue weighted by atomic mass is 10.1. The predicted octanol–water partition coefficient (Wildman–Crippen LogP) is 1.88. The molecule has 1 fully saturated rings. The highest BCUT2D eigenvalue weighted by molar-refractivity contribution is 6.33. The van der Waals surface area contributed by atoms with Crippen molar-refractivity contribution in [2.24, 2.45) is 0 Å². The number of nitrogens with one attached hydrogen (secondary N) is 1. The SMILES string of the molecule is CN(C)c1nc(C2CCN(c3ccncc3Cl)C2)cc(=O)[nH]1. The molecule has 2 aromatic rings. The lowest BCUT2D eigenvalue weighted by Gasteiger charge is -2.20. The van der Waals surface area contributed by atoms with Crippen molar-refractivity contribution in [1.29, 1.82) is 0 Å². The van der Waals surface area contributed by atoms with Crippen molar-refractivity contribution < 1.29 is 0 Å². The Morgan fingerprint density at radius 3 is 3.00 bits per heavy atom. The van der Waals surface area contributed by atoms with Crippen LogP contribution >= 0.6 is 11.6 Å². The van der Waals surface area contributed by atoms with Crippen LogP contribution in [-0.4, -0.2) is 42.1 Å². The lowest BCUT2D eigenvalue weighted by Crippen LogP contribution is -2.22. The van der Waals surface area contributed by atoms with Gasteiger partial charge in [-0.05, 0) is 12.5 Å². The molecule has 116 valence electrons. The highest BCUT2D eigenvalue weighted by Crippen LogP contribution is 2.33. The van der Waals surface area contributed by atoms with Gasteiger partial charge in [0.1, 0.15) is 0 Å². The second-order valence-corrected chi connectivity index (χ2v) is 6.05. The molecule has 0 saturated carbocycles. The molecule has 1 aliphatic rings. The van der Waals surface area contributed by atoms with Crippen LogP contribution in [0.15, 0.2) is 29.3 Å². The van der Waals surface area contributed by atoms with Gasteiger partial charge in [0.25, 0.3) is 5.56 Å². The van der Waals surface area contributed by atoms with Gasteiger partial charge in [-0.15, -0.1) is 0 Å². The van der Waals surface area contributed by atoms with Crippen molar-refractivity contribution in [3.8, 4) is 0 Å². The first-order chi connectivity index (χ1) is 10.5. The zero-order valence-corrected chi connectivity index (χ0v) is 13.3. The maximum atomic E-state index is 11.8. The molecule has 2 aromatic heterocycles. The molecule has 0 aliphatic carbocycles. The number of hydrogen-bond donors (Lipinski definition) is 1. The number of aromatic amines is 1. The van der Waals surface area contributed by atoms with Crippen LogP contribution in [0.4, 0.5) is 11.6 Å². The highest BCUT2D eigenvalue weighted by atomic mass is 35.5. The molecule has 0 aromatic carbocycles. The Bertz CT molecular complexity index is 730. The maximum Gasteiger partial charge on any atom is 0.252 e. The normalized spacial score (nSPS) is 17.8. The monoisotopic (exact) mass is 319 g/mol. The summed E-state index contributed by atoms with van der Waals surface area (Å²) in [6.07, 6.45) is 4.34. The topological polar surface area (TPSA) is 65.1 Å². The Morgan fingerprint density at radius 2 is 2.27 bits per heavy atom. The second kappa shape index (κ2) is 5.96. The largest absolute Gasteiger partial charge is 0.370 e. The van der Waals surface area contributed by atoms with Crippen LogP contribution in [0, 0.1) is 0 Å². The molecule has 0 spiro atoms. The van der Waals surface area contributed by atoms with Crippen LogP contribution in [0.2, 0.25) is 5.02 Å². The van der Waals surface area contributed by atoms with Gasteiger partial charge in [-0.1, -0.05) is 11.6 Å². The first-order valence-corrected chi connectivity index (χ1v) is 7.55. The predicted molar refractivity (Wildman–Crippen MR) is 88.0 cm³/mol. The lowest BCUT2D eigenvalue weighted by molar-refractivity contribution is 0.733. The minimum Gasteiger partial charge on any atom is -0.370 e. The Balaban J connectivity index is 1.84. The number of H-pyrrole nitrogens is 1. The molecule has 0 radical (unpaired) electrons. The molecule has 1 atom stereocenters. The van der Waals surface area contributed by atoms with Crippen LogP contribution < -0.4 is 15.4 Å². The number of rotatable bonds is 3. The molecule has 22 heavy (non-hydrogen) atoms. The number of aromatic nitrogens is 3. The van der Waals surface area contributed by atoms with Crippen molar-refractivity contribution in [2.45, 2.75) is 12.3 Å². The van der Waals surface area contributed by atoms with Gasteiger partial charge in [0.2, 0.25) is 5.95 Å². The summed E-state index contributed by atoms with van der Waals surface area (Å²) in [6.45, 7) is 1.69. The van der Waals surface area contributed by atoms with Crippen molar-refractivity contribution >= 4 is 23.2 Å². The minimum atomic E-state index is -0.117. The standard InChI is InChI=1S/C15H18ClN5O/c1-20(2)15-18-12(7-14(22)19-15)10-4-6-21(9-10)13-3-5-17-8-11(13)16/h3,5,7-8,10H,4,6,9H2,1-2H3,(H,18,19,22). The zero-order valence-electron chi connectivity index (χ0n) is 12.6. The summed E-state index contributed by atoms with van der Waals surface area (Å²) in [7, 11) is 3.72. The molecular formula is C15H18ClN5O. The zero-order chi connectivity index (χ0) is 15.7. The molecule has 1 aliphatic heterocycles. The molecule has 3 rings (SSSR count). The first kappa shape index (κ1) is 14.8. The third-order valence-corrected chi connectivity index (χ3v) is 4.16. The van der Waals surface area contributed by atoms with Gasteiger partial charge in [-0.3, -0.25) is 14.8 Å². The third kappa shape index (κ3) is 2.92. The van der Waals surface area contributed by atoms with Gasteiger partial charge in [0.05, 0.1) is 16.4 Å². The van der Waals surface area contributed by atoms with E-state index in [9.17, 15) is 4.79 Å². The van der Waals surface area contributed by atoms with Crippen molar-refractivity contribution in [3.63, 3.8) is 0 Å². The van der Waals surface area contributed by atoms with Crippen molar-refractivity contribution in [1.82, 2.24) is 15.0 Å². The van der Waals surface area contributed by atoms with Gasteiger partial charge in [-0.2, -0.15) is 0 Å². The quantitative estimate of drug-likeness (QED) is 0.935. The number of nitrogens with zero attached hydrogens (tertiary/aromatic N) is 4. The summed E-state index contributed by atoms with van der Waals surface area (Å²) >= 11 is 6.21. The molecule has 1 saturated heterocycles. The van der Waals surface area contributed by atoms with E-state index in [0.29, 0.717) is 11.0 Å². The van der Waals surface area contributed by atoms with Crippen LogP contribution in [0.5, 0.6) is 0 Å². The Labute approximate surface area is 133 Å². The fraction of sp³-hybridized carbons (Fsp3) is 0.400. The van der Waals surface area contributed by atoms with Gasteiger partial charge in [-0.25, -0.2) is 4.98 Å². The summed E-state index contributed by atoms with van der Waals surface area (Å²) in [6, 6.07) is 3.51. The number of hydrogen-bond acceptors (Lipinski definition) is 5. The van der Waals surface area contributed by atoms with E-state index < -0.39 is 0 Å². The van der Waals surface area contributed by atoms with E-state index >= 15 is 0 Å². The van der Waals surface area contributed by atoms with E-state index in [1.54, 1.807) is 23.4 Å². The summed E-state index contributed by atoms with van der Waals surface area (Å²) in [5.41, 5.74) is 1.70. The Kier molecular flexibility index (Phi) is 4.02. The maximum absolute atomic E-state index is 11.8. The van der Waals surface area contributed by atoms with E-state index in [4.69, 9.17) is 11.6 Å². The summed E-state index contributed by atoms with van der Waals surface area (Å²) in [5.74, 6) is 0.813. The van der Waals surface area contributed by atoms with E-state index in [1.807, 2.05) is 20.2 Å². The summed E-state index contributed by atoms with van der Waals surface area (Å²) in [5, 5.41) is 0.649. The molecule has 3 heterocycles. The molecule has 1 N–H and O–H groups in total. The fourth-order valence-electron chi connectivity index (χ4n) is 2.73. The third-order valence-electron chi connectivity index (χ3n) is 3.87. The van der Waals surface area contributed by atoms with E-state index in [1.165, 1.54) is 0 Å². The van der Waals surface area contributed by atoms with Gasteiger partial charge < -0.3 is 9.80 Å². The second-order valence-electron chi connectivity index (χ2n) is 5.65. The molecule has 7 heteroatoms. The van der Waals surface area contributed by atoms with Gasteiger partial charge >= 0.3 is 0 Å². The average Bonchev–Trinajstić information content (AvgIpc) is 2.96. The van der Waals surface area contributed by atoms with E-state index in [-0.39, 0.29) is 11.5 Å². The average molecular weight is 320 g/mol. The van der Waals surface area contributed by atoms with Crippen LogP contribution in [-0.2, 0) is 0 Å². The number of halogens is 1. The van der Waals surface area contributed by atoms with Crippen LogP contribution in [0.25, 0.3) is 0 Å². The molecule has 1 unspecified atom stereocenters. The fourth-order valence-corrected chi connectivity index (χ4v) is 2.97. The molecule has 6 nitrogen and oxygen atoms in total. The molecule has 0 bridgehead atoms. The molecular weight excluding hydrogens is 302 g/mol.